The van der Waals surface area contributed by atoms with E-state index in [9.17, 15) is 13.2 Å². The highest BCUT2D eigenvalue weighted by Crippen LogP contribution is 2.38. The van der Waals surface area contributed by atoms with Crippen LogP contribution in [0.4, 0.5) is 0 Å². The second-order valence-corrected chi connectivity index (χ2v) is 10.7. The number of nitrogens with zero attached hydrogens (tertiary/aromatic N) is 3. The number of aromatic nitrogens is 2. The van der Waals surface area contributed by atoms with Gasteiger partial charge in [0.1, 0.15) is 23.8 Å². The first-order chi connectivity index (χ1) is 17.2. The van der Waals surface area contributed by atoms with Crippen LogP contribution < -0.4 is 9.47 Å². The minimum Gasteiger partial charge on any atom is -0.497 e. The number of benzene rings is 2. The number of ether oxygens (including phenoxy) is 3. The zero-order chi connectivity index (χ0) is 25.9. The van der Waals surface area contributed by atoms with Crippen LogP contribution in [-0.4, -0.2) is 49.2 Å². The monoisotopic (exact) mass is 533 g/mol. The average Bonchev–Trinajstić information content (AvgIpc) is 3.28. The molecule has 0 saturated carbocycles. The van der Waals surface area contributed by atoms with Crippen molar-refractivity contribution in [1.82, 2.24) is 14.1 Å². The minimum atomic E-state index is -3.88. The second kappa shape index (κ2) is 10.9. The molecule has 0 saturated heterocycles. The van der Waals surface area contributed by atoms with E-state index in [1.807, 2.05) is 0 Å². The van der Waals surface area contributed by atoms with Crippen LogP contribution in [0.15, 0.2) is 53.6 Å². The number of hydrogen-bond acceptors (Lipinski definition) is 7. The van der Waals surface area contributed by atoms with Crippen LogP contribution in [0.3, 0.4) is 0 Å². The first kappa shape index (κ1) is 26.0. The van der Waals surface area contributed by atoms with Gasteiger partial charge in [0.2, 0.25) is 10.0 Å². The molecule has 3 aromatic rings. The van der Waals surface area contributed by atoms with Crippen LogP contribution in [0.25, 0.3) is 0 Å². The summed E-state index contributed by atoms with van der Waals surface area (Å²) in [5.41, 5.74) is 1.64. The fourth-order valence-electron chi connectivity index (χ4n) is 4.27. The fourth-order valence-corrected chi connectivity index (χ4v) is 5.94. The van der Waals surface area contributed by atoms with Gasteiger partial charge in [-0.1, -0.05) is 11.6 Å². The van der Waals surface area contributed by atoms with Gasteiger partial charge in [-0.3, -0.25) is 9.48 Å². The van der Waals surface area contributed by atoms with Crippen molar-refractivity contribution in [1.29, 1.82) is 0 Å². The summed E-state index contributed by atoms with van der Waals surface area (Å²) in [5, 5.41) is 4.51. The molecule has 0 amide bonds. The van der Waals surface area contributed by atoms with E-state index in [1.54, 1.807) is 56.2 Å². The standard InChI is InChI=1S/C25H28ClN3O6S/c1-4-34-25(30)16-29-23-7-5-6-22(20(23)15-27-29)28(2)36(31,32)19-12-13-24(21(26)14-19)35-18-10-8-17(33-3)9-11-18/h8-15,22H,4-7,16H2,1-3H3. The van der Waals surface area contributed by atoms with Crippen LogP contribution in [0.2, 0.25) is 5.02 Å². The van der Waals surface area contributed by atoms with E-state index in [1.165, 1.54) is 22.5 Å². The lowest BCUT2D eigenvalue weighted by molar-refractivity contribution is -0.144. The molecule has 0 fully saturated rings. The van der Waals surface area contributed by atoms with Gasteiger partial charge in [-0.25, -0.2) is 8.42 Å². The number of rotatable bonds is 9. The molecule has 11 heteroatoms. The van der Waals surface area contributed by atoms with E-state index >= 15 is 0 Å². The highest BCUT2D eigenvalue weighted by atomic mass is 35.5. The molecule has 192 valence electrons. The van der Waals surface area contributed by atoms with Crippen molar-refractivity contribution in [3.63, 3.8) is 0 Å². The van der Waals surface area contributed by atoms with E-state index in [4.69, 9.17) is 25.8 Å². The van der Waals surface area contributed by atoms with Gasteiger partial charge in [0, 0.05) is 18.3 Å². The Bertz CT molecular complexity index is 1340. The Morgan fingerprint density at radius 3 is 2.58 bits per heavy atom. The molecule has 9 nitrogen and oxygen atoms in total. The van der Waals surface area contributed by atoms with Gasteiger partial charge in [-0.2, -0.15) is 9.40 Å². The lowest BCUT2D eigenvalue weighted by Crippen LogP contribution is -2.33. The van der Waals surface area contributed by atoms with E-state index in [0.29, 0.717) is 36.7 Å². The fraction of sp³-hybridized carbons (Fsp3) is 0.360. The van der Waals surface area contributed by atoms with Crippen LogP contribution in [0.5, 0.6) is 17.2 Å². The minimum absolute atomic E-state index is 0.00236. The van der Waals surface area contributed by atoms with Gasteiger partial charge >= 0.3 is 5.97 Å². The van der Waals surface area contributed by atoms with Crippen molar-refractivity contribution in [2.24, 2.45) is 0 Å². The Hall–Kier alpha value is -3.08. The summed E-state index contributed by atoms with van der Waals surface area (Å²) in [6.45, 7) is 2.03. The molecular weight excluding hydrogens is 506 g/mol. The lowest BCUT2D eigenvalue weighted by atomic mass is 9.93. The van der Waals surface area contributed by atoms with Crippen molar-refractivity contribution in [3.8, 4) is 17.2 Å². The van der Waals surface area contributed by atoms with E-state index < -0.39 is 16.1 Å². The summed E-state index contributed by atoms with van der Waals surface area (Å²) in [6.07, 6.45) is 3.76. The molecule has 1 atom stereocenters. The SMILES string of the molecule is CCOC(=O)Cn1ncc2c1CCCC2N(C)S(=O)(=O)c1ccc(Oc2ccc(OC)cc2)c(Cl)c1. The van der Waals surface area contributed by atoms with Gasteiger partial charge < -0.3 is 14.2 Å². The van der Waals surface area contributed by atoms with Crippen LogP contribution in [0, 0.1) is 0 Å². The lowest BCUT2D eigenvalue weighted by Gasteiger charge is -2.31. The Labute approximate surface area is 215 Å². The average molecular weight is 534 g/mol. The van der Waals surface area contributed by atoms with Crippen molar-refractivity contribution >= 4 is 27.6 Å². The summed E-state index contributed by atoms with van der Waals surface area (Å²) in [5.74, 6) is 1.19. The summed E-state index contributed by atoms with van der Waals surface area (Å²) < 4.78 is 45.9. The number of hydrogen-bond donors (Lipinski definition) is 0. The summed E-state index contributed by atoms with van der Waals surface area (Å²) in [4.78, 5) is 12.0. The Morgan fingerprint density at radius 1 is 1.19 bits per heavy atom. The molecule has 1 aromatic heterocycles. The normalized spacial score (nSPS) is 15.4. The highest BCUT2D eigenvalue weighted by Gasteiger charge is 2.34. The van der Waals surface area contributed by atoms with Gasteiger partial charge in [0.25, 0.3) is 0 Å². The predicted molar refractivity (Wildman–Crippen MR) is 134 cm³/mol. The van der Waals surface area contributed by atoms with E-state index in [0.717, 1.165) is 17.7 Å². The molecule has 2 aromatic carbocycles. The van der Waals surface area contributed by atoms with Crippen LogP contribution in [0.1, 0.15) is 37.1 Å². The Kier molecular flexibility index (Phi) is 7.87. The molecule has 0 radical (unpaired) electrons. The maximum atomic E-state index is 13.5. The third kappa shape index (κ3) is 5.35. The largest absolute Gasteiger partial charge is 0.497 e. The topological polar surface area (TPSA) is 100.0 Å². The molecule has 0 N–H and O–H groups in total. The first-order valence-electron chi connectivity index (χ1n) is 11.5. The number of carbonyl (C=O) groups is 1. The first-order valence-corrected chi connectivity index (χ1v) is 13.4. The Morgan fingerprint density at radius 2 is 1.92 bits per heavy atom. The molecular formula is C25H28ClN3O6S. The molecule has 0 spiro atoms. The van der Waals surface area contributed by atoms with Gasteiger partial charge in [0.15, 0.2) is 0 Å². The zero-order valence-electron chi connectivity index (χ0n) is 20.3. The molecule has 1 heterocycles. The molecule has 1 unspecified atom stereocenters. The number of fused-ring (bicyclic) bond motifs is 1. The number of carbonyl (C=O) groups excluding carboxylic acids is 1. The maximum Gasteiger partial charge on any atom is 0.327 e. The van der Waals surface area contributed by atoms with Gasteiger partial charge in [0.05, 0.1) is 35.9 Å². The van der Waals surface area contributed by atoms with Gasteiger partial charge in [-0.05, 0) is 68.7 Å². The second-order valence-electron chi connectivity index (χ2n) is 8.31. The number of halogens is 1. The Balaban J connectivity index is 1.54. The number of sulfonamides is 1. The molecule has 0 bridgehead atoms. The molecule has 1 aliphatic carbocycles. The van der Waals surface area contributed by atoms with Crippen LogP contribution >= 0.6 is 11.6 Å². The molecule has 0 aliphatic heterocycles. The molecule has 36 heavy (non-hydrogen) atoms. The summed E-state index contributed by atoms with van der Waals surface area (Å²) in [6, 6.07) is 11.0. The van der Waals surface area contributed by atoms with Gasteiger partial charge in [-0.15, -0.1) is 0 Å². The van der Waals surface area contributed by atoms with Crippen molar-refractivity contribution < 1.29 is 27.4 Å². The van der Waals surface area contributed by atoms with E-state index in [-0.39, 0.29) is 22.4 Å². The van der Waals surface area contributed by atoms with E-state index in [2.05, 4.69) is 5.10 Å². The van der Waals surface area contributed by atoms with Crippen molar-refractivity contribution in [3.05, 3.63) is 64.9 Å². The highest BCUT2D eigenvalue weighted by molar-refractivity contribution is 7.89. The van der Waals surface area contributed by atoms with Crippen molar-refractivity contribution in [2.45, 2.75) is 43.7 Å². The summed E-state index contributed by atoms with van der Waals surface area (Å²) >= 11 is 6.40. The predicted octanol–water partition coefficient (Wildman–Crippen LogP) is 4.60. The third-order valence-electron chi connectivity index (χ3n) is 6.12. The number of esters is 1. The van der Waals surface area contributed by atoms with Crippen LogP contribution in [-0.2, 0) is 32.5 Å². The molecule has 1 aliphatic rings. The summed E-state index contributed by atoms with van der Waals surface area (Å²) in [7, 11) is -0.752. The smallest absolute Gasteiger partial charge is 0.327 e. The quantitative estimate of drug-likeness (QED) is 0.370. The van der Waals surface area contributed by atoms with Crippen molar-refractivity contribution in [2.75, 3.05) is 20.8 Å². The zero-order valence-corrected chi connectivity index (χ0v) is 21.9. The third-order valence-corrected chi connectivity index (χ3v) is 8.28. The maximum absolute atomic E-state index is 13.5. The molecule has 4 rings (SSSR count). The number of methoxy groups -OCH3 is 1.